The maximum Gasteiger partial charge on any atom is 0.270 e. The van der Waals surface area contributed by atoms with E-state index in [1.165, 1.54) is 12.1 Å². The molecule has 34 heavy (non-hydrogen) atoms. The van der Waals surface area contributed by atoms with Crippen LogP contribution in [0.2, 0.25) is 0 Å². The molecule has 1 amide bonds. The number of aliphatic hydroxyl groups excluding tert-OH is 1. The molecule has 0 unspecified atom stereocenters. The quantitative estimate of drug-likeness (QED) is 0.426. The molecule has 4 rings (SSSR count). The van der Waals surface area contributed by atoms with Gasteiger partial charge in [0.1, 0.15) is 17.3 Å². The van der Waals surface area contributed by atoms with E-state index in [4.69, 9.17) is 14.2 Å². The number of ketones is 1. The second-order valence-corrected chi connectivity index (χ2v) is 8.56. The predicted molar refractivity (Wildman–Crippen MR) is 121 cm³/mol. The van der Waals surface area contributed by atoms with Crippen LogP contribution in [0.4, 0.5) is 4.39 Å². The number of carbonyl (C=O) groups excluding carboxylic acids is 2. The lowest BCUT2D eigenvalue weighted by Gasteiger charge is -2.28. The van der Waals surface area contributed by atoms with Gasteiger partial charge in [0, 0.05) is 45.1 Å². The van der Waals surface area contributed by atoms with Gasteiger partial charge in [0.15, 0.2) is 5.78 Å². The fourth-order valence-electron chi connectivity index (χ4n) is 4.25. The number of nitrogens with one attached hydrogen (secondary N) is 1. The molecule has 8 nitrogen and oxygen atoms in total. The van der Waals surface area contributed by atoms with Crippen LogP contribution in [0, 0.1) is 5.82 Å². The number of rotatable bonds is 9. The van der Waals surface area contributed by atoms with Crippen LogP contribution in [0.3, 0.4) is 0 Å². The number of nitrogens with zero attached hydrogens (tertiary/aromatic N) is 1. The second-order valence-electron chi connectivity index (χ2n) is 8.56. The summed E-state index contributed by atoms with van der Waals surface area (Å²) in [5, 5.41) is 12.9. The molecular formula is C25H29FN2O6. The molecule has 0 aliphatic carbocycles. The number of hydrogen-bond acceptors (Lipinski definition) is 7. The molecule has 0 spiro atoms. The molecule has 0 radical (unpaired) electrons. The molecule has 2 aliphatic heterocycles. The maximum absolute atomic E-state index is 14.7. The lowest BCUT2D eigenvalue weighted by atomic mass is 9.99. The normalized spacial score (nSPS) is 19.4. The Labute approximate surface area is 197 Å². The molecule has 2 aromatic rings. The Bertz CT molecular complexity index is 1060. The van der Waals surface area contributed by atoms with Gasteiger partial charge >= 0.3 is 0 Å². The molecular weight excluding hydrogens is 443 g/mol. The first-order valence-electron chi connectivity index (χ1n) is 11.5. The van der Waals surface area contributed by atoms with Gasteiger partial charge in [-0.2, -0.15) is 0 Å². The number of aromatic nitrogens is 1. The van der Waals surface area contributed by atoms with E-state index in [9.17, 15) is 19.1 Å². The summed E-state index contributed by atoms with van der Waals surface area (Å²) in [6.45, 7) is 1.55. The van der Waals surface area contributed by atoms with Crippen LogP contribution in [0.1, 0.15) is 56.9 Å². The average molecular weight is 473 g/mol. The van der Waals surface area contributed by atoms with Crippen LogP contribution >= 0.6 is 0 Å². The van der Waals surface area contributed by atoms with E-state index in [1.807, 2.05) is 0 Å². The minimum atomic E-state index is -0.770. The number of fused-ring (bicyclic) bond motifs is 1. The van der Waals surface area contributed by atoms with Gasteiger partial charge < -0.3 is 24.6 Å². The highest BCUT2D eigenvalue weighted by Crippen LogP contribution is 2.31. The highest BCUT2D eigenvalue weighted by Gasteiger charge is 2.28. The summed E-state index contributed by atoms with van der Waals surface area (Å²) in [7, 11) is 1.56. The van der Waals surface area contributed by atoms with Gasteiger partial charge in [-0.1, -0.05) is 6.07 Å². The van der Waals surface area contributed by atoms with Crippen molar-refractivity contribution >= 4 is 11.7 Å². The summed E-state index contributed by atoms with van der Waals surface area (Å²) in [6.07, 6.45) is 1.40. The topological polar surface area (TPSA) is 107 Å². The van der Waals surface area contributed by atoms with Crippen LogP contribution in [0.25, 0.3) is 0 Å². The smallest absolute Gasteiger partial charge is 0.270 e. The minimum absolute atomic E-state index is 0.0612. The molecule has 3 heterocycles. The zero-order valence-corrected chi connectivity index (χ0v) is 19.1. The third kappa shape index (κ3) is 5.60. The Morgan fingerprint density at radius 3 is 2.91 bits per heavy atom. The molecule has 1 saturated heterocycles. The van der Waals surface area contributed by atoms with Gasteiger partial charge in [-0.15, -0.1) is 0 Å². The molecule has 2 atom stereocenters. The van der Waals surface area contributed by atoms with E-state index in [-0.39, 0.29) is 36.0 Å². The molecule has 182 valence electrons. The molecule has 1 aromatic carbocycles. The van der Waals surface area contributed by atoms with Crippen LogP contribution in [0.5, 0.6) is 5.75 Å². The van der Waals surface area contributed by atoms with Gasteiger partial charge in [0.05, 0.1) is 36.6 Å². The van der Waals surface area contributed by atoms with Crippen LogP contribution < -0.4 is 10.1 Å². The molecule has 0 bridgehead atoms. The second kappa shape index (κ2) is 11.0. The number of aliphatic hydroxyl groups is 1. The van der Waals surface area contributed by atoms with Crippen LogP contribution in [-0.2, 0) is 22.3 Å². The highest BCUT2D eigenvalue weighted by atomic mass is 19.1. The van der Waals surface area contributed by atoms with Crippen molar-refractivity contribution in [3.05, 3.63) is 58.2 Å². The Hall–Kier alpha value is -2.88. The van der Waals surface area contributed by atoms with E-state index in [2.05, 4.69) is 10.3 Å². The van der Waals surface area contributed by atoms with E-state index in [0.717, 1.165) is 5.56 Å². The third-order valence-corrected chi connectivity index (χ3v) is 6.06. The SMILES string of the molecule is COCCCC(=O)c1ccc(Cc2cc(C(=O)N[C@H]3CCOC[C@@H]3O)nc3c2OCC3)cc1F. The summed E-state index contributed by atoms with van der Waals surface area (Å²) in [5.41, 5.74) is 2.34. The van der Waals surface area contributed by atoms with E-state index < -0.39 is 18.0 Å². The van der Waals surface area contributed by atoms with Crippen LogP contribution in [0.15, 0.2) is 24.3 Å². The molecule has 2 aliphatic rings. The van der Waals surface area contributed by atoms with Crippen molar-refractivity contribution in [3.63, 3.8) is 0 Å². The van der Waals surface area contributed by atoms with Crippen LogP contribution in [-0.4, -0.2) is 67.5 Å². The van der Waals surface area contributed by atoms with E-state index >= 15 is 0 Å². The Kier molecular flexibility index (Phi) is 7.87. The summed E-state index contributed by atoms with van der Waals surface area (Å²) in [4.78, 5) is 29.6. The lowest BCUT2D eigenvalue weighted by Crippen LogP contribution is -2.48. The molecule has 0 saturated carbocycles. The molecule has 2 N–H and O–H groups in total. The number of benzene rings is 1. The predicted octanol–water partition coefficient (Wildman–Crippen LogP) is 2.24. The fourth-order valence-corrected chi connectivity index (χ4v) is 4.25. The monoisotopic (exact) mass is 472 g/mol. The van der Waals surface area contributed by atoms with Crippen molar-refractivity contribution in [2.75, 3.05) is 33.5 Å². The van der Waals surface area contributed by atoms with E-state index in [0.29, 0.717) is 62.5 Å². The van der Waals surface area contributed by atoms with Gasteiger partial charge in [0.2, 0.25) is 0 Å². The molecule has 1 aromatic heterocycles. The number of halogens is 1. The van der Waals surface area contributed by atoms with Crippen molar-refractivity contribution in [1.82, 2.24) is 10.3 Å². The van der Waals surface area contributed by atoms with Crippen molar-refractivity contribution < 1.29 is 33.3 Å². The molecule has 9 heteroatoms. The standard InChI is InChI=1S/C25H29FN2O6/c1-32-8-2-3-22(29)17-5-4-15(12-18(17)26)11-16-13-21(27-20-7-10-34-24(16)20)25(31)28-19-6-9-33-14-23(19)30/h4-5,12-13,19,23,30H,2-3,6-11,14H2,1H3,(H,28,31)/t19-,23-/m0/s1. The number of ether oxygens (including phenoxy) is 3. The summed E-state index contributed by atoms with van der Waals surface area (Å²) < 4.78 is 30.6. The Morgan fingerprint density at radius 1 is 1.29 bits per heavy atom. The first-order chi connectivity index (χ1) is 16.5. The maximum atomic E-state index is 14.7. The largest absolute Gasteiger partial charge is 0.491 e. The first kappa shape index (κ1) is 24.3. The zero-order valence-electron chi connectivity index (χ0n) is 19.1. The van der Waals surface area contributed by atoms with Gasteiger partial charge in [0.25, 0.3) is 5.91 Å². The summed E-state index contributed by atoms with van der Waals surface area (Å²) in [5.74, 6) is -0.602. The van der Waals surface area contributed by atoms with Crippen molar-refractivity contribution in [2.45, 2.75) is 44.2 Å². The number of carbonyl (C=O) groups is 2. The lowest BCUT2D eigenvalue weighted by molar-refractivity contribution is -0.0261. The van der Waals surface area contributed by atoms with Gasteiger partial charge in [-0.25, -0.2) is 9.37 Å². The number of pyridine rings is 1. The Morgan fingerprint density at radius 2 is 2.15 bits per heavy atom. The van der Waals surface area contributed by atoms with Crippen molar-refractivity contribution in [1.29, 1.82) is 0 Å². The number of hydrogen-bond donors (Lipinski definition) is 2. The Balaban J connectivity index is 1.52. The average Bonchev–Trinajstić information content (AvgIpc) is 3.30. The molecule has 1 fully saturated rings. The number of methoxy groups -OCH3 is 1. The number of amides is 1. The van der Waals surface area contributed by atoms with Gasteiger partial charge in [-0.3, -0.25) is 9.59 Å². The van der Waals surface area contributed by atoms with Crippen molar-refractivity contribution in [2.24, 2.45) is 0 Å². The third-order valence-electron chi connectivity index (χ3n) is 6.06. The van der Waals surface area contributed by atoms with Crippen molar-refractivity contribution in [3.8, 4) is 5.75 Å². The van der Waals surface area contributed by atoms with Gasteiger partial charge in [-0.05, 0) is 36.6 Å². The first-order valence-corrected chi connectivity index (χ1v) is 11.5. The summed E-state index contributed by atoms with van der Waals surface area (Å²) in [6, 6.07) is 5.81. The minimum Gasteiger partial charge on any atom is -0.491 e. The van der Waals surface area contributed by atoms with E-state index in [1.54, 1.807) is 19.2 Å². The highest BCUT2D eigenvalue weighted by molar-refractivity contribution is 5.96. The summed E-state index contributed by atoms with van der Waals surface area (Å²) >= 11 is 0. The fraction of sp³-hybridized carbons (Fsp3) is 0.480. The zero-order chi connectivity index (χ0) is 24.1. The number of Topliss-reactive ketones (excluding diaryl/α,β-unsaturated/α-hetero) is 1.